The first-order chi connectivity index (χ1) is 7.63. The van der Waals surface area contributed by atoms with Gasteiger partial charge < -0.3 is 4.79 Å². The van der Waals surface area contributed by atoms with Gasteiger partial charge in [0.15, 0.2) is 0 Å². The molecule has 0 saturated heterocycles. The lowest BCUT2D eigenvalue weighted by molar-refractivity contribution is -0.113. The van der Waals surface area contributed by atoms with Crippen molar-refractivity contribution in [3.8, 4) is 0 Å². The first-order valence-electron chi connectivity index (χ1n) is 6.38. The second-order valence-corrected chi connectivity index (χ2v) is 6.23. The molecule has 0 aliphatic heterocycles. The van der Waals surface area contributed by atoms with Crippen molar-refractivity contribution in [3.63, 3.8) is 0 Å². The van der Waals surface area contributed by atoms with Gasteiger partial charge in [-0.25, -0.2) is 0 Å². The normalized spacial score (nSPS) is 43.1. The van der Waals surface area contributed by atoms with E-state index in [-0.39, 0.29) is 5.92 Å². The zero-order valence-electron chi connectivity index (χ0n) is 10.2. The number of carbonyl (C=O) groups excluding carboxylic acids is 1. The lowest BCUT2D eigenvalue weighted by Gasteiger charge is -2.43. The Labute approximate surface area is 107 Å². The summed E-state index contributed by atoms with van der Waals surface area (Å²) in [6.07, 6.45) is 7.48. The van der Waals surface area contributed by atoms with Crippen molar-refractivity contribution in [2.75, 3.05) is 0 Å². The Morgan fingerprint density at radius 3 is 2.88 bits per heavy atom. The van der Waals surface area contributed by atoms with Crippen LogP contribution >= 0.6 is 15.9 Å². The summed E-state index contributed by atoms with van der Waals surface area (Å²) in [5, 5.41) is 0. The lowest BCUT2D eigenvalue weighted by Crippen LogP contribution is -2.36. The zero-order chi connectivity index (χ0) is 11.8. The summed E-state index contributed by atoms with van der Waals surface area (Å²) >= 11 is 3.51. The van der Waals surface area contributed by atoms with E-state index in [1.165, 1.54) is 32.1 Å². The second-order valence-electron chi connectivity index (χ2n) is 5.78. The molecule has 0 bridgehead atoms. The molecule has 0 spiro atoms. The summed E-state index contributed by atoms with van der Waals surface area (Å²) in [4.78, 5) is 13.2. The number of rotatable bonds is 2. The third-order valence-electron chi connectivity index (χ3n) is 5.03. The van der Waals surface area contributed by atoms with Crippen LogP contribution in [0.5, 0.6) is 0 Å². The first kappa shape index (κ1) is 12.3. The van der Waals surface area contributed by atoms with E-state index in [1.54, 1.807) is 5.57 Å². The predicted molar refractivity (Wildman–Crippen MR) is 70.4 cm³/mol. The highest BCUT2D eigenvalue weighted by atomic mass is 79.9. The molecule has 2 aliphatic rings. The van der Waals surface area contributed by atoms with Crippen LogP contribution in [0.1, 0.15) is 46.0 Å². The third kappa shape index (κ3) is 1.79. The highest BCUT2D eigenvalue weighted by molar-refractivity contribution is 9.11. The van der Waals surface area contributed by atoms with Gasteiger partial charge in [-0.1, -0.05) is 35.4 Å². The molecule has 2 saturated carbocycles. The van der Waals surface area contributed by atoms with E-state index in [0.717, 1.165) is 6.29 Å². The van der Waals surface area contributed by atoms with Crippen LogP contribution in [0.3, 0.4) is 0 Å². The molecule has 0 unspecified atom stereocenters. The van der Waals surface area contributed by atoms with Crippen LogP contribution in [-0.4, -0.2) is 6.29 Å². The molecule has 0 N–H and O–H groups in total. The summed E-state index contributed by atoms with van der Waals surface area (Å²) in [5.41, 5.74) is 1.95. The smallest absolute Gasteiger partial charge is 0.123 e. The van der Waals surface area contributed by atoms with Gasteiger partial charge in [0.05, 0.1) is 0 Å². The van der Waals surface area contributed by atoms with Gasteiger partial charge >= 0.3 is 0 Å². The minimum Gasteiger partial charge on any atom is -0.303 e. The minimum absolute atomic E-state index is 0.227. The van der Waals surface area contributed by atoms with Crippen LogP contribution in [0.15, 0.2) is 10.6 Å². The minimum atomic E-state index is 0.227. The quantitative estimate of drug-likeness (QED) is 0.691. The molecule has 4 atom stereocenters. The van der Waals surface area contributed by atoms with Crippen LogP contribution in [0.25, 0.3) is 0 Å². The molecule has 0 heterocycles. The largest absolute Gasteiger partial charge is 0.303 e. The van der Waals surface area contributed by atoms with Gasteiger partial charge in [0.2, 0.25) is 0 Å². The Morgan fingerprint density at radius 1 is 1.50 bits per heavy atom. The Morgan fingerprint density at radius 2 is 2.25 bits per heavy atom. The third-order valence-corrected chi connectivity index (χ3v) is 5.62. The summed E-state index contributed by atoms with van der Waals surface area (Å²) in [5.74, 6) is 1.54. The van der Waals surface area contributed by atoms with Crippen molar-refractivity contribution in [2.45, 2.75) is 46.0 Å². The number of halogens is 1. The van der Waals surface area contributed by atoms with E-state index in [9.17, 15) is 4.79 Å². The van der Waals surface area contributed by atoms with E-state index in [1.807, 2.05) is 0 Å². The van der Waals surface area contributed by atoms with Gasteiger partial charge in [0.25, 0.3) is 0 Å². The van der Waals surface area contributed by atoms with Crippen LogP contribution in [0.2, 0.25) is 0 Å². The van der Waals surface area contributed by atoms with Crippen molar-refractivity contribution in [1.29, 1.82) is 0 Å². The summed E-state index contributed by atoms with van der Waals surface area (Å²) < 4.78 is 0. The highest BCUT2D eigenvalue weighted by Gasteiger charge is 2.50. The summed E-state index contributed by atoms with van der Waals surface area (Å²) in [6, 6.07) is 0. The molecule has 2 rings (SSSR count). The van der Waals surface area contributed by atoms with Crippen LogP contribution in [0, 0.1) is 23.2 Å². The van der Waals surface area contributed by atoms with Crippen LogP contribution in [0.4, 0.5) is 0 Å². The molecule has 2 aliphatic carbocycles. The highest BCUT2D eigenvalue weighted by Crippen LogP contribution is 2.59. The molecule has 0 aromatic heterocycles. The van der Waals surface area contributed by atoms with Gasteiger partial charge in [-0.15, -0.1) is 0 Å². The Kier molecular flexibility index (Phi) is 3.58. The number of hydrogen-bond donors (Lipinski definition) is 0. The Bertz CT molecular complexity index is 310. The maximum atomic E-state index is 11.0. The fourth-order valence-corrected chi connectivity index (χ4v) is 4.72. The molecule has 1 nitrogen and oxygen atoms in total. The molecule has 0 radical (unpaired) electrons. The molecular weight excluding hydrogens is 264 g/mol. The van der Waals surface area contributed by atoms with Gasteiger partial charge in [0, 0.05) is 5.92 Å². The molecule has 0 aromatic carbocycles. The molecule has 90 valence electrons. The number of aldehydes is 1. The van der Waals surface area contributed by atoms with E-state index in [4.69, 9.17) is 0 Å². The summed E-state index contributed by atoms with van der Waals surface area (Å²) in [6.45, 7) is 4.50. The second kappa shape index (κ2) is 4.64. The summed E-state index contributed by atoms with van der Waals surface area (Å²) in [7, 11) is 0. The molecular formula is C14H21BrO. The fourth-order valence-electron chi connectivity index (χ4n) is 4.17. The SMILES string of the molecule is C[C@H](C=O)[C@H]1CC[C@H]2/C(=C/Br)CCC[C@]12C. The maximum absolute atomic E-state index is 11.0. The van der Waals surface area contributed by atoms with Crippen molar-refractivity contribution in [2.24, 2.45) is 23.2 Å². The number of carbonyl (C=O) groups is 1. The average molecular weight is 285 g/mol. The number of fused-ring (bicyclic) bond motifs is 1. The van der Waals surface area contributed by atoms with Gasteiger partial charge in [-0.05, 0) is 54.3 Å². The van der Waals surface area contributed by atoms with Crippen LogP contribution in [-0.2, 0) is 4.79 Å². The standard InChI is InChI=1S/C14H21BrO/c1-10(9-16)12-5-6-13-11(8-15)4-3-7-14(12,13)2/h8-10,12-13H,3-7H2,1-2H3/b11-8+/t10-,12-,13+,14-/m1/s1. The van der Waals surface area contributed by atoms with E-state index in [2.05, 4.69) is 34.8 Å². The molecule has 0 aromatic rings. The van der Waals surface area contributed by atoms with Crippen molar-refractivity contribution < 1.29 is 4.79 Å². The van der Waals surface area contributed by atoms with Gasteiger partial charge in [0.1, 0.15) is 6.29 Å². The van der Waals surface area contributed by atoms with Crippen LogP contribution < -0.4 is 0 Å². The topological polar surface area (TPSA) is 17.1 Å². The zero-order valence-corrected chi connectivity index (χ0v) is 11.8. The fraction of sp³-hybridized carbons (Fsp3) is 0.786. The molecule has 2 heteroatoms. The Balaban J connectivity index is 2.27. The molecule has 0 amide bonds. The van der Waals surface area contributed by atoms with Gasteiger partial charge in [-0.3, -0.25) is 0 Å². The Hall–Kier alpha value is -0.110. The van der Waals surface area contributed by atoms with E-state index >= 15 is 0 Å². The van der Waals surface area contributed by atoms with E-state index < -0.39 is 0 Å². The first-order valence-corrected chi connectivity index (χ1v) is 7.29. The van der Waals surface area contributed by atoms with E-state index in [0.29, 0.717) is 17.3 Å². The molecule has 16 heavy (non-hydrogen) atoms. The monoisotopic (exact) mass is 284 g/mol. The van der Waals surface area contributed by atoms with Crippen molar-refractivity contribution >= 4 is 22.2 Å². The lowest BCUT2D eigenvalue weighted by atomic mass is 9.61. The number of hydrogen-bond acceptors (Lipinski definition) is 1. The van der Waals surface area contributed by atoms with Gasteiger partial charge in [-0.2, -0.15) is 0 Å². The van der Waals surface area contributed by atoms with Crippen molar-refractivity contribution in [1.82, 2.24) is 0 Å². The number of allylic oxidation sites excluding steroid dienone is 1. The predicted octanol–water partition coefficient (Wildman–Crippen LogP) is 4.32. The average Bonchev–Trinajstić information content (AvgIpc) is 2.64. The maximum Gasteiger partial charge on any atom is 0.123 e. The van der Waals surface area contributed by atoms with Crippen molar-refractivity contribution in [3.05, 3.63) is 10.6 Å². The molecule has 2 fully saturated rings.